The molecule has 0 unspecified atom stereocenters. The van der Waals surface area contributed by atoms with Crippen LogP contribution in [0, 0.1) is 12.8 Å². The zero-order valence-electron chi connectivity index (χ0n) is 13.0. The summed E-state index contributed by atoms with van der Waals surface area (Å²) in [6.45, 7) is 10.9. The summed E-state index contributed by atoms with van der Waals surface area (Å²) in [5, 5.41) is 3.52. The van der Waals surface area contributed by atoms with E-state index in [1.807, 2.05) is 0 Å². The number of anilines is 1. The Hall–Kier alpha value is -0.740. The molecule has 0 atom stereocenters. The highest BCUT2D eigenvalue weighted by Crippen LogP contribution is 2.19. The van der Waals surface area contributed by atoms with Crippen LogP contribution in [0.1, 0.15) is 31.5 Å². The molecule has 4 heteroatoms. The summed E-state index contributed by atoms with van der Waals surface area (Å²) in [5.74, 6) is 4.36. The van der Waals surface area contributed by atoms with Gasteiger partial charge in [0.1, 0.15) is 5.82 Å². The largest absolute Gasteiger partial charge is 0.356 e. The number of nitrogens with zero attached hydrogens (tertiary/aromatic N) is 2. The van der Waals surface area contributed by atoms with Crippen molar-refractivity contribution in [1.29, 1.82) is 0 Å². The molecule has 1 aliphatic heterocycles. The smallest absolute Gasteiger partial charge is 0.129 e. The molecule has 1 N–H and O–H groups in total. The first-order valence-electron chi connectivity index (χ1n) is 7.66. The van der Waals surface area contributed by atoms with Gasteiger partial charge in [-0.2, -0.15) is 11.8 Å². The Morgan fingerprint density at radius 2 is 2.15 bits per heavy atom. The Balaban J connectivity index is 2.03. The van der Waals surface area contributed by atoms with Crippen molar-refractivity contribution >= 4 is 17.6 Å². The van der Waals surface area contributed by atoms with Gasteiger partial charge in [-0.3, -0.25) is 0 Å². The molecule has 0 amide bonds. The van der Waals surface area contributed by atoms with Crippen LogP contribution in [0.15, 0.2) is 12.1 Å². The highest BCUT2D eigenvalue weighted by atomic mass is 32.2. The van der Waals surface area contributed by atoms with Gasteiger partial charge in [0.2, 0.25) is 0 Å². The Morgan fingerprint density at radius 1 is 1.30 bits per heavy atom. The second-order valence-electron chi connectivity index (χ2n) is 5.95. The van der Waals surface area contributed by atoms with Gasteiger partial charge in [0.25, 0.3) is 0 Å². The lowest BCUT2D eigenvalue weighted by Gasteiger charge is -2.22. The molecule has 1 saturated heterocycles. The molecule has 2 heterocycles. The normalized spacial score (nSPS) is 16.5. The molecule has 2 rings (SSSR count). The first-order chi connectivity index (χ1) is 9.65. The summed E-state index contributed by atoms with van der Waals surface area (Å²) in [5.41, 5.74) is 2.48. The number of nitrogens with one attached hydrogen (secondary N) is 1. The van der Waals surface area contributed by atoms with E-state index >= 15 is 0 Å². The van der Waals surface area contributed by atoms with Crippen molar-refractivity contribution in [1.82, 2.24) is 10.3 Å². The van der Waals surface area contributed by atoms with Crippen molar-refractivity contribution in [2.75, 3.05) is 36.0 Å². The summed E-state index contributed by atoms with van der Waals surface area (Å²) in [7, 11) is 0. The molecule has 0 bridgehead atoms. The van der Waals surface area contributed by atoms with E-state index in [1.165, 1.54) is 23.5 Å². The first kappa shape index (κ1) is 15.6. The van der Waals surface area contributed by atoms with Crippen LogP contribution in [-0.4, -0.2) is 36.1 Å². The van der Waals surface area contributed by atoms with Gasteiger partial charge in [-0.15, -0.1) is 0 Å². The van der Waals surface area contributed by atoms with Crippen LogP contribution in [-0.2, 0) is 6.54 Å². The van der Waals surface area contributed by atoms with Gasteiger partial charge >= 0.3 is 0 Å². The summed E-state index contributed by atoms with van der Waals surface area (Å²) in [4.78, 5) is 7.17. The van der Waals surface area contributed by atoms with E-state index in [1.54, 1.807) is 0 Å². The molecule has 0 radical (unpaired) electrons. The van der Waals surface area contributed by atoms with Gasteiger partial charge < -0.3 is 10.2 Å². The average Bonchev–Trinajstić information content (AvgIpc) is 2.66. The second kappa shape index (κ2) is 7.89. The Bertz CT molecular complexity index is 412. The lowest BCUT2D eigenvalue weighted by Crippen LogP contribution is -2.27. The van der Waals surface area contributed by atoms with Crippen molar-refractivity contribution in [2.45, 2.75) is 33.7 Å². The zero-order chi connectivity index (χ0) is 14.4. The topological polar surface area (TPSA) is 28.2 Å². The Morgan fingerprint density at radius 3 is 2.95 bits per heavy atom. The third kappa shape index (κ3) is 4.98. The lowest BCUT2D eigenvalue weighted by atomic mass is 10.2. The maximum Gasteiger partial charge on any atom is 0.129 e. The molecule has 112 valence electrons. The van der Waals surface area contributed by atoms with Crippen molar-refractivity contribution in [3.8, 4) is 0 Å². The number of aromatic nitrogens is 1. The molecule has 1 aromatic rings. The highest BCUT2D eigenvalue weighted by molar-refractivity contribution is 7.99. The number of pyridine rings is 1. The van der Waals surface area contributed by atoms with E-state index in [0.29, 0.717) is 5.92 Å². The van der Waals surface area contributed by atoms with Gasteiger partial charge in [0, 0.05) is 31.1 Å². The van der Waals surface area contributed by atoms with Gasteiger partial charge in [-0.1, -0.05) is 13.8 Å². The molecule has 3 nitrogen and oxygen atoms in total. The maximum atomic E-state index is 4.73. The fourth-order valence-corrected chi connectivity index (χ4v) is 3.35. The van der Waals surface area contributed by atoms with Crippen molar-refractivity contribution in [2.24, 2.45) is 5.92 Å². The molecule has 1 aliphatic rings. The molecule has 1 aromatic heterocycles. The van der Waals surface area contributed by atoms with Gasteiger partial charge in [0.15, 0.2) is 0 Å². The van der Waals surface area contributed by atoms with Crippen LogP contribution in [0.3, 0.4) is 0 Å². The van der Waals surface area contributed by atoms with Gasteiger partial charge in [-0.25, -0.2) is 4.98 Å². The summed E-state index contributed by atoms with van der Waals surface area (Å²) < 4.78 is 0. The second-order valence-corrected chi connectivity index (χ2v) is 7.18. The van der Waals surface area contributed by atoms with Crippen LogP contribution in [0.2, 0.25) is 0 Å². The van der Waals surface area contributed by atoms with Gasteiger partial charge in [0.05, 0.1) is 0 Å². The van der Waals surface area contributed by atoms with Crippen molar-refractivity contribution in [3.63, 3.8) is 0 Å². The fourth-order valence-electron chi connectivity index (χ4n) is 2.47. The van der Waals surface area contributed by atoms with E-state index in [4.69, 9.17) is 4.98 Å². The van der Waals surface area contributed by atoms with E-state index in [-0.39, 0.29) is 0 Å². The minimum absolute atomic E-state index is 0.694. The average molecular weight is 293 g/mol. The van der Waals surface area contributed by atoms with Crippen LogP contribution in [0.5, 0.6) is 0 Å². The third-order valence-corrected chi connectivity index (χ3v) is 4.48. The van der Waals surface area contributed by atoms with Crippen LogP contribution < -0.4 is 10.2 Å². The van der Waals surface area contributed by atoms with Crippen LogP contribution in [0.25, 0.3) is 0 Å². The Kier molecular flexibility index (Phi) is 6.17. The van der Waals surface area contributed by atoms with Crippen molar-refractivity contribution < 1.29 is 0 Å². The van der Waals surface area contributed by atoms with Crippen molar-refractivity contribution in [3.05, 3.63) is 23.4 Å². The monoisotopic (exact) mass is 293 g/mol. The van der Waals surface area contributed by atoms with Crippen LogP contribution in [0.4, 0.5) is 5.82 Å². The summed E-state index contributed by atoms with van der Waals surface area (Å²) in [6.07, 6.45) is 1.27. The number of hydrogen-bond donors (Lipinski definition) is 1. The molecular weight excluding hydrogens is 266 g/mol. The predicted octanol–water partition coefficient (Wildman–Crippen LogP) is 3.08. The Labute approximate surface area is 127 Å². The van der Waals surface area contributed by atoms with Gasteiger partial charge in [-0.05, 0) is 49.3 Å². The standard InChI is InChI=1S/C16H27N3S/c1-13(2)11-17-12-15-9-14(3)18-16(10-15)19-5-4-7-20-8-6-19/h9-10,13,17H,4-8,11-12H2,1-3H3. The van der Waals surface area contributed by atoms with E-state index < -0.39 is 0 Å². The molecular formula is C16H27N3S. The minimum atomic E-state index is 0.694. The molecule has 0 aliphatic carbocycles. The lowest BCUT2D eigenvalue weighted by molar-refractivity contribution is 0.552. The van der Waals surface area contributed by atoms with E-state index in [9.17, 15) is 0 Å². The molecule has 0 spiro atoms. The SMILES string of the molecule is Cc1cc(CNCC(C)C)cc(N2CCCSCC2)n1. The number of thioether (sulfide) groups is 1. The summed E-state index contributed by atoms with van der Waals surface area (Å²) >= 11 is 2.06. The third-order valence-electron chi connectivity index (χ3n) is 3.43. The molecule has 0 aromatic carbocycles. The predicted molar refractivity (Wildman–Crippen MR) is 89.7 cm³/mol. The zero-order valence-corrected chi connectivity index (χ0v) is 13.8. The number of rotatable bonds is 5. The summed E-state index contributed by atoms with van der Waals surface area (Å²) in [6, 6.07) is 4.46. The molecule has 20 heavy (non-hydrogen) atoms. The van der Waals surface area contributed by atoms with E-state index in [0.717, 1.165) is 37.7 Å². The highest BCUT2D eigenvalue weighted by Gasteiger charge is 2.12. The maximum absolute atomic E-state index is 4.73. The molecule has 0 saturated carbocycles. The van der Waals surface area contributed by atoms with Crippen LogP contribution >= 0.6 is 11.8 Å². The van der Waals surface area contributed by atoms with E-state index in [2.05, 4.69) is 54.9 Å². The first-order valence-corrected chi connectivity index (χ1v) is 8.81. The number of hydrogen-bond acceptors (Lipinski definition) is 4. The minimum Gasteiger partial charge on any atom is -0.356 e. The quantitative estimate of drug-likeness (QED) is 0.903. The molecule has 1 fully saturated rings. The number of aryl methyl sites for hydroxylation is 1. The fraction of sp³-hybridized carbons (Fsp3) is 0.688.